The Labute approximate surface area is 69.0 Å². The molecule has 1 unspecified atom stereocenters. The van der Waals surface area contributed by atoms with Gasteiger partial charge >= 0.3 is 0 Å². The number of thiophene rings is 1. The highest BCUT2D eigenvalue weighted by atomic mass is 32.1. The predicted octanol–water partition coefficient (Wildman–Crippen LogP) is 1.84. The van der Waals surface area contributed by atoms with Crippen molar-refractivity contribution in [3.05, 3.63) is 34.5 Å². The molecule has 3 heteroatoms. The van der Waals surface area contributed by atoms with Crippen LogP contribution in [0.5, 0.6) is 0 Å². The Hall–Kier alpha value is -1.11. The molecule has 0 aromatic carbocycles. The zero-order chi connectivity index (χ0) is 8.27. The van der Waals surface area contributed by atoms with Crippen LogP contribution in [0.2, 0.25) is 0 Å². The van der Waals surface area contributed by atoms with Gasteiger partial charge in [0.15, 0.2) is 0 Å². The fourth-order valence-corrected chi connectivity index (χ4v) is 1.48. The maximum Gasteiger partial charge on any atom is 0.110 e. The fraction of sp³-hybridized carbons (Fsp3) is 0.125. The van der Waals surface area contributed by atoms with Gasteiger partial charge < -0.3 is 5.11 Å². The van der Waals surface area contributed by atoms with Gasteiger partial charge in [-0.2, -0.15) is 5.26 Å². The third-order valence-corrected chi connectivity index (χ3v) is 2.31. The lowest BCUT2D eigenvalue weighted by Gasteiger charge is -1.97. The second kappa shape index (κ2) is 3.33. The van der Waals surface area contributed by atoms with Crippen LogP contribution in [0.25, 0.3) is 0 Å². The SMILES string of the molecule is C=CC(O)c1ccc(C#N)s1. The van der Waals surface area contributed by atoms with E-state index in [4.69, 9.17) is 5.26 Å². The molecule has 0 aliphatic heterocycles. The Morgan fingerprint density at radius 2 is 2.45 bits per heavy atom. The molecular weight excluding hydrogens is 158 g/mol. The molecule has 0 aliphatic rings. The summed E-state index contributed by atoms with van der Waals surface area (Å²) in [6.45, 7) is 3.45. The fourth-order valence-electron chi connectivity index (χ4n) is 0.688. The molecule has 1 aromatic heterocycles. The molecule has 0 bridgehead atoms. The van der Waals surface area contributed by atoms with Crippen molar-refractivity contribution in [3.63, 3.8) is 0 Å². The van der Waals surface area contributed by atoms with E-state index in [0.29, 0.717) is 4.88 Å². The number of nitrogens with zero attached hydrogens (tertiary/aromatic N) is 1. The Balaban J connectivity index is 2.90. The van der Waals surface area contributed by atoms with Crippen molar-refractivity contribution in [3.8, 4) is 6.07 Å². The van der Waals surface area contributed by atoms with Gasteiger partial charge in [0, 0.05) is 4.88 Å². The van der Waals surface area contributed by atoms with Crippen molar-refractivity contribution >= 4 is 11.3 Å². The third kappa shape index (κ3) is 1.67. The van der Waals surface area contributed by atoms with Crippen LogP contribution in [-0.4, -0.2) is 5.11 Å². The van der Waals surface area contributed by atoms with E-state index in [2.05, 4.69) is 6.58 Å². The lowest BCUT2D eigenvalue weighted by Crippen LogP contribution is -1.85. The van der Waals surface area contributed by atoms with Crippen molar-refractivity contribution in [2.24, 2.45) is 0 Å². The van der Waals surface area contributed by atoms with E-state index < -0.39 is 6.10 Å². The molecule has 0 radical (unpaired) electrons. The highest BCUT2D eigenvalue weighted by Gasteiger charge is 2.05. The highest BCUT2D eigenvalue weighted by Crippen LogP contribution is 2.22. The van der Waals surface area contributed by atoms with Crippen molar-refractivity contribution in [2.75, 3.05) is 0 Å². The Kier molecular flexibility index (Phi) is 2.42. The van der Waals surface area contributed by atoms with Crippen LogP contribution in [0.1, 0.15) is 15.9 Å². The van der Waals surface area contributed by atoms with Gasteiger partial charge in [0.05, 0.1) is 0 Å². The molecular formula is C8H7NOS. The lowest BCUT2D eigenvalue weighted by molar-refractivity contribution is 0.233. The molecule has 0 aliphatic carbocycles. The Bertz CT molecular complexity index is 297. The second-order valence-corrected chi connectivity index (χ2v) is 3.11. The molecule has 1 N–H and O–H groups in total. The number of aliphatic hydroxyl groups is 1. The van der Waals surface area contributed by atoms with Gasteiger partial charge in [0.25, 0.3) is 0 Å². The minimum atomic E-state index is -0.637. The molecule has 1 rings (SSSR count). The topological polar surface area (TPSA) is 44.0 Å². The van der Waals surface area contributed by atoms with Crippen LogP contribution in [-0.2, 0) is 0 Å². The monoisotopic (exact) mass is 165 g/mol. The Morgan fingerprint density at radius 3 is 2.91 bits per heavy atom. The number of aliphatic hydroxyl groups excluding tert-OH is 1. The second-order valence-electron chi connectivity index (χ2n) is 1.99. The van der Waals surface area contributed by atoms with E-state index in [9.17, 15) is 5.11 Å². The van der Waals surface area contributed by atoms with Crippen LogP contribution in [0.4, 0.5) is 0 Å². The van der Waals surface area contributed by atoms with E-state index in [1.807, 2.05) is 6.07 Å². The first-order chi connectivity index (χ1) is 5.27. The van der Waals surface area contributed by atoms with Gasteiger partial charge in [-0.05, 0) is 12.1 Å². The molecule has 0 amide bonds. The Morgan fingerprint density at radius 1 is 1.73 bits per heavy atom. The summed E-state index contributed by atoms with van der Waals surface area (Å²) in [6.07, 6.45) is 0.801. The number of hydrogen-bond donors (Lipinski definition) is 1. The van der Waals surface area contributed by atoms with Crippen LogP contribution >= 0.6 is 11.3 Å². The van der Waals surface area contributed by atoms with Crippen molar-refractivity contribution in [2.45, 2.75) is 6.10 Å². The maximum absolute atomic E-state index is 9.22. The van der Waals surface area contributed by atoms with Crippen LogP contribution in [0.15, 0.2) is 24.8 Å². The van der Waals surface area contributed by atoms with Gasteiger partial charge in [-0.3, -0.25) is 0 Å². The van der Waals surface area contributed by atoms with E-state index in [-0.39, 0.29) is 0 Å². The molecule has 0 saturated heterocycles. The summed E-state index contributed by atoms with van der Waals surface area (Å²) in [5.41, 5.74) is 0. The van der Waals surface area contributed by atoms with Gasteiger partial charge in [-0.25, -0.2) is 0 Å². The van der Waals surface area contributed by atoms with E-state index in [0.717, 1.165) is 4.88 Å². The first-order valence-corrected chi connectivity index (χ1v) is 3.90. The molecule has 2 nitrogen and oxygen atoms in total. The van der Waals surface area contributed by atoms with Crippen LogP contribution < -0.4 is 0 Å². The van der Waals surface area contributed by atoms with Gasteiger partial charge in [-0.1, -0.05) is 6.08 Å². The summed E-state index contributed by atoms with van der Waals surface area (Å²) in [7, 11) is 0. The van der Waals surface area contributed by atoms with Crippen LogP contribution in [0.3, 0.4) is 0 Å². The molecule has 1 aromatic rings. The first kappa shape index (κ1) is 7.99. The van der Waals surface area contributed by atoms with E-state index >= 15 is 0 Å². The molecule has 0 fully saturated rings. The molecule has 0 spiro atoms. The average molecular weight is 165 g/mol. The zero-order valence-electron chi connectivity index (χ0n) is 5.82. The van der Waals surface area contributed by atoms with Crippen molar-refractivity contribution in [1.82, 2.24) is 0 Å². The standard InChI is InChI=1S/C8H7NOS/c1-2-7(10)8-4-3-6(5-9)11-8/h2-4,7,10H,1H2. The summed E-state index contributed by atoms with van der Waals surface area (Å²) in [5, 5.41) is 17.7. The van der Waals surface area contributed by atoms with Gasteiger partial charge in [-0.15, -0.1) is 17.9 Å². The van der Waals surface area contributed by atoms with Gasteiger partial charge in [0.2, 0.25) is 0 Å². The minimum Gasteiger partial charge on any atom is -0.383 e. The molecule has 56 valence electrons. The summed E-state index contributed by atoms with van der Waals surface area (Å²) in [6, 6.07) is 5.42. The summed E-state index contributed by atoms with van der Waals surface area (Å²) < 4.78 is 0. The largest absolute Gasteiger partial charge is 0.383 e. The minimum absolute atomic E-state index is 0.612. The number of hydrogen-bond acceptors (Lipinski definition) is 3. The lowest BCUT2D eigenvalue weighted by atomic mass is 10.3. The van der Waals surface area contributed by atoms with Crippen molar-refractivity contribution < 1.29 is 5.11 Å². The summed E-state index contributed by atoms with van der Waals surface area (Å²) in [4.78, 5) is 1.37. The molecule has 1 atom stereocenters. The normalized spacial score (nSPS) is 12.0. The summed E-state index contributed by atoms with van der Waals surface area (Å²) in [5.74, 6) is 0. The van der Waals surface area contributed by atoms with Gasteiger partial charge in [0.1, 0.15) is 17.1 Å². The van der Waals surface area contributed by atoms with E-state index in [1.54, 1.807) is 12.1 Å². The quantitative estimate of drug-likeness (QED) is 0.679. The van der Waals surface area contributed by atoms with Crippen molar-refractivity contribution in [1.29, 1.82) is 5.26 Å². The average Bonchev–Trinajstić information content (AvgIpc) is 2.50. The molecule has 0 saturated carbocycles. The first-order valence-electron chi connectivity index (χ1n) is 3.08. The third-order valence-electron chi connectivity index (χ3n) is 1.25. The summed E-state index contributed by atoms with van der Waals surface area (Å²) >= 11 is 1.28. The number of rotatable bonds is 2. The highest BCUT2D eigenvalue weighted by molar-refractivity contribution is 7.12. The van der Waals surface area contributed by atoms with Crippen LogP contribution in [0, 0.1) is 11.3 Å². The zero-order valence-corrected chi connectivity index (χ0v) is 6.64. The smallest absolute Gasteiger partial charge is 0.110 e. The predicted molar refractivity (Wildman–Crippen MR) is 44.2 cm³/mol. The molecule has 1 heterocycles. The molecule has 11 heavy (non-hydrogen) atoms. The van der Waals surface area contributed by atoms with E-state index in [1.165, 1.54) is 17.4 Å². The number of nitriles is 1. The maximum atomic E-state index is 9.22.